The number of rotatable bonds is 5. The summed E-state index contributed by atoms with van der Waals surface area (Å²) in [6.45, 7) is 0.407. The average molecular weight is 363 g/mol. The molecule has 0 aliphatic heterocycles. The Morgan fingerprint density at radius 1 is 1.05 bits per heavy atom. The number of carbonyl (C=O) groups excluding carboxylic acids is 1. The number of amides is 2. The summed E-state index contributed by atoms with van der Waals surface area (Å²) < 4.78 is 0.938. The molecular formula is C16H15BrN2O3. The van der Waals surface area contributed by atoms with Crippen LogP contribution in [0.3, 0.4) is 0 Å². The number of nitrogens with one attached hydrogen (secondary N) is 2. The smallest absolute Gasteiger partial charge is 0.319 e. The molecule has 0 radical (unpaired) electrons. The van der Waals surface area contributed by atoms with Gasteiger partial charge in [-0.25, -0.2) is 4.79 Å². The van der Waals surface area contributed by atoms with Gasteiger partial charge in [0.2, 0.25) is 0 Å². The second-order valence-electron chi connectivity index (χ2n) is 4.67. The van der Waals surface area contributed by atoms with Crippen LogP contribution >= 0.6 is 15.9 Å². The van der Waals surface area contributed by atoms with Crippen molar-refractivity contribution < 1.29 is 14.7 Å². The van der Waals surface area contributed by atoms with E-state index in [-0.39, 0.29) is 12.5 Å². The molecule has 2 aromatic carbocycles. The molecule has 3 N–H and O–H groups in total. The van der Waals surface area contributed by atoms with Crippen LogP contribution < -0.4 is 10.6 Å². The van der Waals surface area contributed by atoms with E-state index in [1.807, 2.05) is 24.3 Å². The van der Waals surface area contributed by atoms with Crippen molar-refractivity contribution in [2.45, 2.75) is 13.0 Å². The molecule has 0 heterocycles. The van der Waals surface area contributed by atoms with E-state index in [0.29, 0.717) is 17.8 Å². The number of hydrogen-bond acceptors (Lipinski definition) is 2. The Bertz CT molecular complexity index is 671. The maximum atomic E-state index is 11.8. The summed E-state index contributed by atoms with van der Waals surface area (Å²) in [4.78, 5) is 22.4. The molecule has 0 aliphatic carbocycles. The molecule has 0 fully saturated rings. The van der Waals surface area contributed by atoms with Crippen molar-refractivity contribution in [3.63, 3.8) is 0 Å². The zero-order chi connectivity index (χ0) is 15.9. The van der Waals surface area contributed by atoms with Crippen LogP contribution in [0.25, 0.3) is 0 Å². The van der Waals surface area contributed by atoms with E-state index >= 15 is 0 Å². The third-order valence-corrected chi connectivity index (χ3v) is 3.74. The molecule has 0 bridgehead atoms. The Morgan fingerprint density at radius 3 is 2.36 bits per heavy atom. The van der Waals surface area contributed by atoms with Crippen molar-refractivity contribution in [3.8, 4) is 0 Å². The van der Waals surface area contributed by atoms with Gasteiger partial charge in [0.15, 0.2) is 0 Å². The summed E-state index contributed by atoms with van der Waals surface area (Å²) in [6.07, 6.45) is -0.0332. The van der Waals surface area contributed by atoms with E-state index < -0.39 is 5.97 Å². The fraction of sp³-hybridized carbons (Fsp3) is 0.125. The number of anilines is 1. The van der Waals surface area contributed by atoms with E-state index in [4.69, 9.17) is 5.11 Å². The number of carbonyl (C=O) groups is 2. The quantitative estimate of drug-likeness (QED) is 0.762. The number of carboxylic acid groups (broad SMARTS) is 1. The lowest BCUT2D eigenvalue weighted by Crippen LogP contribution is -2.28. The van der Waals surface area contributed by atoms with Crippen molar-refractivity contribution in [1.82, 2.24) is 5.32 Å². The number of hydrogen-bond donors (Lipinski definition) is 3. The first-order valence-electron chi connectivity index (χ1n) is 6.63. The number of urea groups is 1. The fourth-order valence-corrected chi connectivity index (χ4v) is 2.30. The standard InChI is InChI=1S/C16H15BrN2O3/c17-14-4-2-1-3-12(14)10-18-16(22)19-13-7-5-11(6-8-13)9-15(20)21/h1-8H,9-10H2,(H,20,21)(H2,18,19,22). The Labute approximate surface area is 136 Å². The topological polar surface area (TPSA) is 78.4 Å². The van der Waals surface area contributed by atoms with Gasteiger partial charge in [-0.1, -0.05) is 46.3 Å². The number of aliphatic carboxylic acids is 1. The highest BCUT2D eigenvalue weighted by Crippen LogP contribution is 2.15. The molecule has 0 aromatic heterocycles. The first kappa shape index (κ1) is 16.0. The lowest BCUT2D eigenvalue weighted by Gasteiger charge is -2.09. The van der Waals surface area contributed by atoms with E-state index in [0.717, 1.165) is 10.0 Å². The lowest BCUT2D eigenvalue weighted by atomic mass is 10.1. The van der Waals surface area contributed by atoms with Gasteiger partial charge in [-0.3, -0.25) is 4.79 Å². The van der Waals surface area contributed by atoms with Crippen LogP contribution in [-0.4, -0.2) is 17.1 Å². The van der Waals surface area contributed by atoms with Gasteiger partial charge in [0.25, 0.3) is 0 Å². The predicted octanol–water partition coefficient (Wildman–Crippen LogP) is 3.40. The highest BCUT2D eigenvalue weighted by atomic mass is 79.9. The Kier molecular flexibility index (Phi) is 5.55. The van der Waals surface area contributed by atoms with Crippen molar-refractivity contribution in [3.05, 3.63) is 64.1 Å². The van der Waals surface area contributed by atoms with Crippen molar-refractivity contribution in [1.29, 1.82) is 0 Å². The van der Waals surface area contributed by atoms with Gasteiger partial charge >= 0.3 is 12.0 Å². The minimum atomic E-state index is -0.883. The monoisotopic (exact) mass is 362 g/mol. The summed E-state index contributed by atoms with van der Waals surface area (Å²) >= 11 is 3.42. The molecule has 2 aromatic rings. The minimum Gasteiger partial charge on any atom is -0.481 e. The summed E-state index contributed by atoms with van der Waals surface area (Å²) in [6, 6.07) is 14.0. The van der Waals surface area contributed by atoms with Crippen molar-refractivity contribution >= 4 is 33.6 Å². The molecule has 0 unspecified atom stereocenters. The molecule has 6 heteroatoms. The van der Waals surface area contributed by atoms with Crippen molar-refractivity contribution in [2.24, 2.45) is 0 Å². The SMILES string of the molecule is O=C(O)Cc1ccc(NC(=O)NCc2ccccc2Br)cc1. The molecule has 0 saturated heterocycles. The van der Waals surface area contributed by atoms with Gasteiger partial charge in [-0.15, -0.1) is 0 Å². The van der Waals surface area contributed by atoms with Crippen LogP contribution in [0, 0.1) is 0 Å². The first-order chi connectivity index (χ1) is 10.5. The summed E-state index contributed by atoms with van der Waals surface area (Å²) in [7, 11) is 0. The molecule has 22 heavy (non-hydrogen) atoms. The van der Waals surface area contributed by atoms with Crippen molar-refractivity contribution in [2.75, 3.05) is 5.32 Å². The normalized spacial score (nSPS) is 10.0. The molecule has 114 valence electrons. The zero-order valence-corrected chi connectivity index (χ0v) is 13.3. The lowest BCUT2D eigenvalue weighted by molar-refractivity contribution is -0.136. The van der Waals surface area contributed by atoms with Crippen LogP contribution in [0.5, 0.6) is 0 Å². The molecule has 0 saturated carbocycles. The van der Waals surface area contributed by atoms with E-state index in [1.54, 1.807) is 24.3 Å². The summed E-state index contributed by atoms with van der Waals surface area (Å²) in [5.41, 5.74) is 2.28. The van der Waals surface area contributed by atoms with Gasteiger partial charge in [-0.2, -0.15) is 0 Å². The number of carboxylic acids is 1. The Balaban J connectivity index is 1.87. The highest BCUT2D eigenvalue weighted by molar-refractivity contribution is 9.10. The van der Waals surface area contributed by atoms with Gasteiger partial charge < -0.3 is 15.7 Å². The van der Waals surface area contributed by atoms with Crippen LogP contribution in [0.2, 0.25) is 0 Å². The number of benzene rings is 2. The van der Waals surface area contributed by atoms with Gasteiger partial charge in [0.1, 0.15) is 0 Å². The maximum Gasteiger partial charge on any atom is 0.319 e. The molecule has 2 amide bonds. The van der Waals surface area contributed by atoms with E-state index in [1.165, 1.54) is 0 Å². The van der Waals surface area contributed by atoms with Crippen LogP contribution in [0.1, 0.15) is 11.1 Å². The molecule has 5 nitrogen and oxygen atoms in total. The van der Waals surface area contributed by atoms with Gasteiger partial charge in [0.05, 0.1) is 6.42 Å². The second kappa shape index (κ2) is 7.61. The maximum absolute atomic E-state index is 11.8. The third kappa shape index (κ3) is 4.89. The zero-order valence-electron chi connectivity index (χ0n) is 11.7. The first-order valence-corrected chi connectivity index (χ1v) is 7.43. The minimum absolute atomic E-state index is 0.0332. The molecular weight excluding hydrogens is 348 g/mol. The highest BCUT2D eigenvalue weighted by Gasteiger charge is 2.05. The molecule has 0 spiro atoms. The third-order valence-electron chi connectivity index (χ3n) is 2.96. The second-order valence-corrected chi connectivity index (χ2v) is 5.52. The molecule has 0 aliphatic rings. The van der Waals surface area contributed by atoms with E-state index in [2.05, 4.69) is 26.6 Å². The largest absolute Gasteiger partial charge is 0.481 e. The Morgan fingerprint density at radius 2 is 1.73 bits per heavy atom. The number of halogens is 1. The fourth-order valence-electron chi connectivity index (χ4n) is 1.87. The Hall–Kier alpha value is -2.34. The van der Waals surface area contributed by atoms with Gasteiger partial charge in [0, 0.05) is 16.7 Å². The van der Waals surface area contributed by atoms with Gasteiger partial charge in [-0.05, 0) is 29.3 Å². The van der Waals surface area contributed by atoms with E-state index in [9.17, 15) is 9.59 Å². The molecule has 0 atom stereocenters. The van der Waals surface area contributed by atoms with Crippen LogP contribution in [0.4, 0.5) is 10.5 Å². The summed E-state index contributed by atoms with van der Waals surface area (Å²) in [5, 5.41) is 14.2. The summed E-state index contributed by atoms with van der Waals surface area (Å²) in [5.74, 6) is -0.883. The van der Waals surface area contributed by atoms with Crippen LogP contribution in [-0.2, 0) is 17.8 Å². The predicted molar refractivity (Wildman–Crippen MR) is 87.8 cm³/mol. The molecule has 2 rings (SSSR count). The average Bonchev–Trinajstić information content (AvgIpc) is 2.48. The van der Waals surface area contributed by atoms with Crippen LogP contribution in [0.15, 0.2) is 53.0 Å².